The number of aliphatic imine (C=N–C) groups is 1. The van der Waals surface area contributed by atoms with Crippen LogP contribution in [0.5, 0.6) is 0 Å². The van der Waals surface area contributed by atoms with Crippen molar-refractivity contribution in [2.75, 3.05) is 6.54 Å². The van der Waals surface area contributed by atoms with Gasteiger partial charge < -0.3 is 5.11 Å². The Labute approximate surface area is 193 Å². The van der Waals surface area contributed by atoms with Crippen molar-refractivity contribution in [1.82, 2.24) is 4.90 Å². The van der Waals surface area contributed by atoms with Crippen LogP contribution < -0.4 is 0 Å². The zero-order valence-electron chi connectivity index (χ0n) is 19.0. The summed E-state index contributed by atoms with van der Waals surface area (Å²) in [7, 11) is 0. The number of benzene rings is 2. The summed E-state index contributed by atoms with van der Waals surface area (Å²) in [6.07, 6.45) is 1.50. The third kappa shape index (κ3) is 4.80. The molecule has 1 fully saturated rings. The van der Waals surface area contributed by atoms with Crippen molar-refractivity contribution in [2.24, 2.45) is 10.4 Å². The lowest BCUT2D eigenvalue weighted by Crippen LogP contribution is -2.33. The van der Waals surface area contributed by atoms with Crippen LogP contribution in [0, 0.1) is 5.41 Å². The Morgan fingerprint density at radius 2 is 1.55 bits per heavy atom. The first-order chi connectivity index (χ1) is 15.8. The van der Waals surface area contributed by atoms with Gasteiger partial charge in [-0.05, 0) is 36.0 Å². The number of amides is 2. The highest BCUT2D eigenvalue weighted by molar-refractivity contribution is 6.24. The standard InChI is InChI=1S/C27H28N2O4/c1-27(2)15-21(28-17-18-9-4-3-5-10-18)24(23(31)16-27)22(30)13-8-14-29-25(32)19-11-6-7-12-20(19)26(29)33/h3-7,9-12,30H,8,13-17H2,1-2H3/b24-22-,28-21?. The van der Waals surface area contributed by atoms with Crippen molar-refractivity contribution in [3.05, 3.63) is 82.6 Å². The van der Waals surface area contributed by atoms with Gasteiger partial charge in [0.15, 0.2) is 5.78 Å². The highest BCUT2D eigenvalue weighted by Gasteiger charge is 2.37. The van der Waals surface area contributed by atoms with Gasteiger partial charge in [-0.3, -0.25) is 24.3 Å². The molecule has 0 bridgehead atoms. The van der Waals surface area contributed by atoms with Crippen LogP contribution in [0.2, 0.25) is 0 Å². The minimum absolute atomic E-state index is 0.0149. The average Bonchev–Trinajstić information content (AvgIpc) is 3.02. The van der Waals surface area contributed by atoms with E-state index in [1.807, 2.05) is 44.2 Å². The van der Waals surface area contributed by atoms with E-state index in [4.69, 9.17) is 4.99 Å². The lowest BCUT2D eigenvalue weighted by atomic mass is 9.73. The predicted molar refractivity (Wildman–Crippen MR) is 126 cm³/mol. The molecule has 0 radical (unpaired) electrons. The van der Waals surface area contributed by atoms with Crippen LogP contribution in [0.4, 0.5) is 0 Å². The van der Waals surface area contributed by atoms with Crippen LogP contribution in [0.25, 0.3) is 0 Å². The van der Waals surface area contributed by atoms with Gasteiger partial charge in [0.1, 0.15) is 5.76 Å². The predicted octanol–water partition coefficient (Wildman–Crippen LogP) is 4.91. The van der Waals surface area contributed by atoms with Crippen LogP contribution in [-0.2, 0) is 11.3 Å². The van der Waals surface area contributed by atoms with Crippen molar-refractivity contribution >= 4 is 23.3 Å². The normalized spacial score (nSPS) is 20.4. The maximum absolute atomic E-state index is 12.9. The lowest BCUT2D eigenvalue weighted by Gasteiger charge is -2.31. The minimum atomic E-state index is -0.316. The van der Waals surface area contributed by atoms with Gasteiger partial charge in [-0.15, -0.1) is 0 Å². The first-order valence-corrected chi connectivity index (χ1v) is 11.2. The summed E-state index contributed by atoms with van der Waals surface area (Å²) >= 11 is 0. The van der Waals surface area contributed by atoms with Gasteiger partial charge in [0.05, 0.1) is 23.2 Å². The number of carbonyl (C=O) groups excluding carboxylic acids is 3. The zero-order chi connectivity index (χ0) is 23.6. The van der Waals surface area contributed by atoms with Gasteiger partial charge >= 0.3 is 0 Å². The maximum Gasteiger partial charge on any atom is 0.261 e. The highest BCUT2D eigenvalue weighted by Crippen LogP contribution is 2.36. The quantitative estimate of drug-likeness (QED) is 0.390. The molecule has 2 aromatic carbocycles. The molecule has 170 valence electrons. The van der Waals surface area contributed by atoms with Gasteiger partial charge in [-0.1, -0.05) is 56.3 Å². The fraction of sp³-hybridized carbons (Fsp3) is 0.333. The number of nitrogens with zero attached hydrogens (tertiary/aromatic N) is 2. The highest BCUT2D eigenvalue weighted by atomic mass is 16.3. The first-order valence-electron chi connectivity index (χ1n) is 11.2. The summed E-state index contributed by atoms with van der Waals surface area (Å²) in [5.41, 5.74) is 2.54. The molecule has 0 aromatic heterocycles. The Hall–Kier alpha value is -3.54. The van der Waals surface area contributed by atoms with Gasteiger partial charge in [-0.25, -0.2) is 0 Å². The fourth-order valence-electron chi connectivity index (χ4n) is 4.49. The lowest BCUT2D eigenvalue weighted by molar-refractivity contribution is -0.117. The van der Waals surface area contributed by atoms with Crippen molar-refractivity contribution in [1.29, 1.82) is 0 Å². The molecule has 0 spiro atoms. The molecule has 4 rings (SSSR count). The van der Waals surface area contributed by atoms with Gasteiger partial charge in [0.2, 0.25) is 0 Å². The van der Waals surface area contributed by atoms with E-state index in [2.05, 4.69) is 0 Å². The van der Waals surface area contributed by atoms with Crippen LogP contribution in [0.15, 0.2) is 70.9 Å². The van der Waals surface area contributed by atoms with E-state index in [1.165, 1.54) is 4.90 Å². The maximum atomic E-state index is 12.9. The third-order valence-corrected chi connectivity index (χ3v) is 6.11. The number of carbonyl (C=O) groups is 3. The molecule has 2 aromatic rings. The fourth-order valence-corrected chi connectivity index (χ4v) is 4.49. The van der Waals surface area contributed by atoms with Gasteiger partial charge in [-0.2, -0.15) is 0 Å². The molecule has 2 aliphatic rings. The average molecular weight is 445 g/mol. The topological polar surface area (TPSA) is 87.0 Å². The Bertz CT molecular complexity index is 1130. The van der Waals surface area contributed by atoms with E-state index in [-0.39, 0.29) is 41.7 Å². The summed E-state index contributed by atoms with van der Waals surface area (Å²) in [4.78, 5) is 43.9. The Morgan fingerprint density at radius 1 is 0.939 bits per heavy atom. The number of ketones is 1. The molecule has 1 heterocycles. The largest absolute Gasteiger partial charge is 0.511 e. The first kappa shape index (κ1) is 22.6. The zero-order valence-corrected chi connectivity index (χ0v) is 19.0. The van der Waals surface area contributed by atoms with Crippen molar-refractivity contribution < 1.29 is 19.5 Å². The second-order valence-electron chi connectivity index (χ2n) is 9.42. The second kappa shape index (κ2) is 9.14. The Balaban J connectivity index is 1.49. The van der Waals surface area contributed by atoms with Crippen molar-refractivity contribution in [2.45, 2.75) is 46.1 Å². The Morgan fingerprint density at radius 3 is 2.18 bits per heavy atom. The van der Waals surface area contributed by atoms with E-state index in [0.717, 1.165) is 5.56 Å². The number of hydrogen-bond acceptors (Lipinski definition) is 5. The Kier molecular flexibility index (Phi) is 6.27. The number of aliphatic hydroxyl groups is 1. The molecular formula is C27H28N2O4. The molecule has 1 N–H and O–H groups in total. The molecule has 0 atom stereocenters. The summed E-state index contributed by atoms with van der Waals surface area (Å²) in [5.74, 6) is -0.762. The second-order valence-corrected chi connectivity index (χ2v) is 9.42. The van der Waals surface area contributed by atoms with Crippen molar-refractivity contribution in [3.8, 4) is 0 Å². The molecular weight excluding hydrogens is 416 g/mol. The SMILES string of the molecule is CC1(C)CC(=O)/C(=C(\O)CCCN2C(=O)c3ccccc3C2=O)C(=NCc2ccccc2)C1. The van der Waals surface area contributed by atoms with E-state index >= 15 is 0 Å². The van der Waals surface area contributed by atoms with E-state index in [0.29, 0.717) is 48.2 Å². The smallest absolute Gasteiger partial charge is 0.261 e. The van der Waals surface area contributed by atoms with Gasteiger partial charge in [0, 0.05) is 25.1 Å². The number of imide groups is 1. The monoisotopic (exact) mass is 444 g/mol. The molecule has 6 heteroatoms. The number of rotatable bonds is 6. The summed E-state index contributed by atoms with van der Waals surface area (Å²) in [6, 6.07) is 16.5. The summed E-state index contributed by atoms with van der Waals surface area (Å²) < 4.78 is 0. The molecule has 1 aliphatic heterocycles. The van der Waals surface area contributed by atoms with Crippen molar-refractivity contribution in [3.63, 3.8) is 0 Å². The van der Waals surface area contributed by atoms with Gasteiger partial charge in [0.25, 0.3) is 11.8 Å². The molecule has 33 heavy (non-hydrogen) atoms. The summed E-state index contributed by atoms with van der Waals surface area (Å²) in [6.45, 7) is 4.67. The van der Waals surface area contributed by atoms with Crippen LogP contribution in [-0.4, -0.2) is 39.9 Å². The summed E-state index contributed by atoms with van der Waals surface area (Å²) in [5, 5.41) is 10.9. The number of allylic oxidation sites excluding steroid dienone is 2. The number of hydrogen-bond donors (Lipinski definition) is 1. The molecule has 1 saturated carbocycles. The number of Topliss-reactive ketones (excluding diaryl/α,β-unsaturated/α-hetero) is 1. The number of aliphatic hydroxyl groups excluding tert-OH is 1. The van der Waals surface area contributed by atoms with Crippen LogP contribution in [0.3, 0.4) is 0 Å². The minimum Gasteiger partial charge on any atom is -0.511 e. The van der Waals surface area contributed by atoms with E-state index in [9.17, 15) is 19.5 Å². The molecule has 1 aliphatic carbocycles. The van der Waals surface area contributed by atoms with E-state index in [1.54, 1.807) is 24.3 Å². The van der Waals surface area contributed by atoms with Crippen LogP contribution >= 0.6 is 0 Å². The third-order valence-electron chi connectivity index (χ3n) is 6.11. The number of fused-ring (bicyclic) bond motifs is 1. The molecule has 0 saturated heterocycles. The molecule has 2 amide bonds. The van der Waals surface area contributed by atoms with Crippen LogP contribution in [0.1, 0.15) is 65.8 Å². The van der Waals surface area contributed by atoms with E-state index < -0.39 is 0 Å². The molecule has 6 nitrogen and oxygen atoms in total. The molecule has 0 unspecified atom stereocenters.